The van der Waals surface area contributed by atoms with Crippen LogP contribution in [-0.2, 0) is 4.79 Å². The van der Waals surface area contributed by atoms with Crippen LogP contribution in [0.2, 0.25) is 0 Å². The van der Waals surface area contributed by atoms with E-state index in [1.165, 1.54) is 37.1 Å². The predicted octanol–water partition coefficient (Wildman–Crippen LogP) is 4.35. The minimum Gasteiger partial charge on any atom is -0.494 e. The van der Waals surface area contributed by atoms with E-state index in [4.69, 9.17) is 4.74 Å². The van der Waals surface area contributed by atoms with Crippen LogP contribution in [0, 0.1) is 0 Å². The number of carbonyl (C=O) groups is 1. The van der Waals surface area contributed by atoms with E-state index in [0.717, 1.165) is 29.5 Å². The van der Waals surface area contributed by atoms with Crippen LogP contribution in [-0.4, -0.2) is 53.8 Å². The summed E-state index contributed by atoms with van der Waals surface area (Å²) in [6.45, 7) is 5.66. The SMILES string of the molecule is CCOc1ccc(/C=C/C(=O)N2CCN(c3nnc(C4CCCCC4)s3)CC2)cc1. The molecule has 1 aromatic heterocycles. The molecular formula is C23H30N4O2S. The highest BCUT2D eigenvalue weighted by Gasteiger charge is 2.24. The first kappa shape index (κ1) is 20.8. The second-order valence-electron chi connectivity index (χ2n) is 7.91. The molecule has 1 aliphatic heterocycles. The van der Waals surface area contributed by atoms with E-state index in [9.17, 15) is 4.79 Å². The van der Waals surface area contributed by atoms with Crippen LogP contribution in [0.15, 0.2) is 30.3 Å². The lowest BCUT2D eigenvalue weighted by atomic mass is 9.90. The van der Waals surface area contributed by atoms with Gasteiger partial charge in [0.05, 0.1) is 6.61 Å². The largest absolute Gasteiger partial charge is 0.494 e. The number of piperazine rings is 1. The smallest absolute Gasteiger partial charge is 0.246 e. The lowest BCUT2D eigenvalue weighted by Crippen LogP contribution is -2.48. The fraction of sp³-hybridized carbons (Fsp3) is 0.522. The Morgan fingerprint density at radius 2 is 1.83 bits per heavy atom. The van der Waals surface area contributed by atoms with Crippen molar-refractivity contribution >= 4 is 28.5 Å². The van der Waals surface area contributed by atoms with E-state index in [1.807, 2.05) is 42.2 Å². The van der Waals surface area contributed by atoms with Crippen molar-refractivity contribution < 1.29 is 9.53 Å². The molecule has 1 aliphatic carbocycles. The molecule has 0 unspecified atom stereocenters. The number of aromatic nitrogens is 2. The number of nitrogens with zero attached hydrogens (tertiary/aromatic N) is 4. The molecule has 0 radical (unpaired) electrons. The summed E-state index contributed by atoms with van der Waals surface area (Å²) >= 11 is 1.74. The Kier molecular flexibility index (Phi) is 7.00. The number of amides is 1. The number of hydrogen-bond donors (Lipinski definition) is 0. The topological polar surface area (TPSA) is 58.6 Å². The zero-order valence-corrected chi connectivity index (χ0v) is 18.4. The highest BCUT2D eigenvalue weighted by molar-refractivity contribution is 7.15. The van der Waals surface area contributed by atoms with Gasteiger partial charge in [0.1, 0.15) is 10.8 Å². The maximum atomic E-state index is 12.6. The third kappa shape index (κ3) is 5.19. The van der Waals surface area contributed by atoms with Crippen molar-refractivity contribution in [2.45, 2.75) is 44.9 Å². The van der Waals surface area contributed by atoms with E-state index in [0.29, 0.717) is 25.6 Å². The number of anilines is 1. The monoisotopic (exact) mass is 426 g/mol. The average molecular weight is 427 g/mol. The Labute approximate surface area is 182 Å². The van der Waals surface area contributed by atoms with Gasteiger partial charge in [-0.2, -0.15) is 0 Å². The Bertz CT molecular complexity index is 850. The standard InChI is InChI=1S/C23H30N4O2S/c1-2-29-20-11-8-18(9-12-20)10-13-21(28)26-14-16-27(17-15-26)23-25-24-22(30-23)19-6-4-3-5-7-19/h8-13,19H,2-7,14-17H2,1H3/b13-10+. The summed E-state index contributed by atoms with van der Waals surface area (Å²) in [5.74, 6) is 1.50. The van der Waals surface area contributed by atoms with Crippen molar-refractivity contribution in [3.8, 4) is 5.75 Å². The predicted molar refractivity (Wildman–Crippen MR) is 121 cm³/mol. The molecule has 1 amide bonds. The molecule has 2 aromatic rings. The molecule has 160 valence electrons. The lowest BCUT2D eigenvalue weighted by Gasteiger charge is -2.33. The first-order chi connectivity index (χ1) is 14.7. The van der Waals surface area contributed by atoms with Gasteiger partial charge in [0.2, 0.25) is 11.0 Å². The van der Waals surface area contributed by atoms with Crippen LogP contribution in [0.3, 0.4) is 0 Å². The summed E-state index contributed by atoms with van der Waals surface area (Å²) in [4.78, 5) is 16.7. The van der Waals surface area contributed by atoms with Crippen LogP contribution >= 0.6 is 11.3 Å². The number of carbonyl (C=O) groups excluding carboxylic acids is 1. The van der Waals surface area contributed by atoms with Gasteiger partial charge < -0.3 is 14.5 Å². The van der Waals surface area contributed by atoms with Gasteiger partial charge in [-0.1, -0.05) is 42.7 Å². The van der Waals surface area contributed by atoms with E-state index in [2.05, 4.69) is 15.1 Å². The lowest BCUT2D eigenvalue weighted by molar-refractivity contribution is -0.126. The summed E-state index contributed by atoms with van der Waals surface area (Å²) in [6.07, 6.45) is 10.00. The molecule has 1 saturated carbocycles. The molecule has 0 atom stereocenters. The van der Waals surface area contributed by atoms with Gasteiger partial charge in [0.25, 0.3) is 0 Å². The average Bonchev–Trinajstić information content (AvgIpc) is 3.30. The molecule has 4 rings (SSSR count). The maximum absolute atomic E-state index is 12.6. The van der Waals surface area contributed by atoms with Gasteiger partial charge in [-0.25, -0.2) is 0 Å². The van der Waals surface area contributed by atoms with E-state index in [-0.39, 0.29) is 5.91 Å². The Morgan fingerprint density at radius 3 is 2.53 bits per heavy atom. The second kappa shape index (κ2) is 10.1. The molecule has 0 bridgehead atoms. The Balaban J connectivity index is 1.27. The highest BCUT2D eigenvalue weighted by Crippen LogP contribution is 2.36. The van der Waals surface area contributed by atoms with Crippen LogP contribution in [0.5, 0.6) is 5.75 Å². The van der Waals surface area contributed by atoms with Gasteiger partial charge >= 0.3 is 0 Å². The Morgan fingerprint density at radius 1 is 1.10 bits per heavy atom. The molecule has 2 aliphatic rings. The third-order valence-corrected chi connectivity index (χ3v) is 7.00. The molecule has 1 aromatic carbocycles. The van der Waals surface area contributed by atoms with Crippen LogP contribution in [0.25, 0.3) is 6.08 Å². The van der Waals surface area contributed by atoms with Crippen molar-refractivity contribution in [2.24, 2.45) is 0 Å². The summed E-state index contributed by atoms with van der Waals surface area (Å²) in [5, 5.41) is 11.1. The van der Waals surface area contributed by atoms with Crippen molar-refractivity contribution in [1.82, 2.24) is 15.1 Å². The Hall–Kier alpha value is -2.41. The molecule has 6 nitrogen and oxygen atoms in total. The van der Waals surface area contributed by atoms with Crippen molar-refractivity contribution in [2.75, 3.05) is 37.7 Å². The van der Waals surface area contributed by atoms with Crippen LogP contribution in [0.1, 0.15) is 55.5 Å². The van der Waals surface area contributed by atoms with E-state index < -0.39 is 0 Å². The van der Waals surface area contributed by atoms with Gasteiger partial charge in [0.15, 0.2) is 0 Å². The quantitative estimate of drug-likeness (QED) is 0.643. The highest BCUT2D eigenvalue weighted by atomic mass is 32.1. The molecule has 2 heterocycles. The fourth-order valence-corrected chi connectivity index (χ4v) is 5.17. The van der Waals surface area contributed by atoms with Crippen LogP contribution in [0.4, 0.5) is 5.13 Å². The first-order valence-corrected chi connectivity index (χ1v) is 11.8. The fourth-order valence-electron chi connectivity index (χ4n) is 4.10. The molecule has 0 spiro atoms. The van der Waals surface area contributed by atoms with E-state index >= 15 is 0 Å². The molecular weight excluding hydrogens is 396 g/mol. The van der Waals surface area contributed by atoms with Gasteiger partial charge in [-0.15, -0.1) is 10.2 Å². The van der Waals surface area contributed by atoms with E-state index in [1.54, 1.807) is 17.4 Å². The van der Waals surface area contributed by atoms with Crippen LogP contribution < -0.4 is 9.64 Å². The number of ether oxygens (including phenoxy) is 1. The normalized spacial score (nSPS) is 18.2. The number of rotatable bonds is 6. The zero-order valence-electron chi connectivity index (χ0n) is 17.6. The first-order valence-electron chi connectivity index (χ1n) is 11.0. The minimum atomic E-state index is 0.0590. The third-order valence-electron chi connectivity index (χ3n) is 5.86. The molecule has 0 N–H and O–H groups in total. The molecule has 2 fully saturated rings. The summed E-state index contributed by atoms with van der Waals surface area (Å²) in [6, 6.07) is 7.78. The van der Waals surface area contributed by atoms with Gasteiger partial charge in [-0.05, 0) is 43.5 Å². The van der Waals surface area contributed by atoms with Gasteiger partial charge in [0, 0.05) is 38.2 Å². The summed E-state index contributed by atoms with van der Waals surface area (Å²) in [7, 11) is 0. The zero-order chi connectivity index (χ0) is 20.8. The van der Waals surface area contributed by atoms with Crippen molar-refractivity contribution in [3.63, 3.8) is 0 Å². The number of benzene rings is 1. The summed E-state index contributed by atoms with van der Waals surface area (Å²) in [5.41, 5.74) is 0.995. The summed E-state index contributed by atoms with van der Waals surface area (Å²) < 4.78 is 5.45. The second-order valence-corrected chi connectivity index (χ2v) is 8.89. The van der Waals surface area contributed by atoms with Crippen molar-refractivity contribution in [1.29, 1.82) is 0 Å². The van der Waals surface area contributed by atoms with Crippen molar-refractivity contribution in [3.05, 3.63) is 40.9 Å². The maximum Gasteiger partial charge on any atom is 0.246 e. The minimum absolute atomic E-state index is 0.0590. The number of hydrogen-bond acceptors (Lipinski definition) is 6. The molecule has 7 heteroatoms. The molecule has 30 heavy (non-hydrogen) atoms. The van der Waals surface area contributed by atoms with Gasteiger partial charge in [-0.3, -0.25) is 4.79 Å². The molecule has 1 saturated heterocycles.